The first-order valence-electron chi connectivity index (χ1n) is 6.60. The molecule has 102 valence electrons. The molecule has 0 fully saturated rings. The van der Waals surface area contributed by atoms with Gasteiger partial charge in [-0.3, -0.25) is 4.79 Å². The number of anilines is 1. The van der Waals surface area contributed by atoms with Crippen LogP contribution in [0, 0.1) is 6.92 Å². The highest BCUT2D eigenvalue weighted by atomic mass is 16.2. The van der Waals surface area contributed by atoms with Crippen LogP contribution in [0.2, 0.25) is 0 Å². The molecule has 2 N–H and O–H groups in total. The average Bonchev–Trinajstić information content (AvgIpc) is 2.47. The topological polar surface area (TPSA) is 72.1 Å². The third-order valence-electron chi connectivity index (χ3n) is 3.70. The fourth-order valence-corrected chi connectivity index (χ4v) is 2.54. The van der Waals surface area contributed by atoms with Gasteiger partial charge in [-0.2, -0.15) is 0 Å². The van der Waals surface area contributed by atoms with Crippen molar-refractivity contribution in [3.05, 3.63) is 53.0 Å². The predicted octanol–water partition coefficient (Wildman–Crippen LogP) is 1.57. The molecule has 1 aliphatic heterocycles. The van der Waals surface area contributed by atoms with E-state index in [1.165, 1.54) is 6.33 Å². The van der Waals surface area contributed by atoms with Crippen LogP contribution in [-0.2, 0) is 13.0 Å². The first kappa shape index (κ1) is 12.6. The van der Waals surface area contributed by atoms with Gasteiger partial charge in [0, 0.05) is 17.7 Å². The Hall–Kier alpha value is -2.43. The van der Waals surface area contributed by atoms with Crippen molar-refractivity contribution in [2.75, 3.05) is 12.3 Å². The van der Waals surface area contributed by atoms with Crippen LogP contribution in [0.15, 0.2) is 30.6 Å². The number of hydrogen-bond donors (Lipinski definition) is 1. The lowest BCUT2D eigenvalue weighted by Crippen LogP contribution is -2.37. The monoisotopic (exact) mass is 268 g/mol. The number of nitrogens with zero attached hydrogens (tertiary/aromatic N) is 3. The van der Waals surface area contributed by atoms with E-state index >= 15 is 0 Å². The zero-order chi connectivity index (χ0) is 14.1. The lowest BCUT2D eigenvalue weighted by molar-refractivity contribution is 0.0731. The van der Waals surface area contributed by atoms with E-state index in [1.54, 1.807) is 0 Å². The molecule has 20 heavy (non-hydrogen) atoms. The van der Waals surface area contributed by atoms with Crippen molar-refractivity contribution in [2.24, 2.45) is 0 Å². The van der Waals surface area contributed by atoms with Crippen LogP contribution < -0.4 is 5.73 Å². The highest BCUT2D eigenvalue weighted by Gasteiger charge is 2.24. The molecule has 0 spiro atoms. The van der Waals surface area contributed by atoms with Crippen LogP contribution in [0.5, 0.6) is 0 Å². The van der Waals surface area contributed by atoms with E-state index in [4.69, 9.17) is 5.73 Å². The number of nitrogen functional groups attached to an aromatic ring is 1. The number of rotatable bonds is 1. The maximum Gasteiger partial charge on any atom is 0.254 e. The Labute approximate surface area is 117 Å². The van der Waals surface area contributed by atoms with Crippen molar-refractivity contribution in [1.29, 1.82) is 0 Å². The standard InChI is InChI=1S/C15H16N4O/c1-10-4-2-3-5-11(10)15(20)19-7-6-12-13(8-19)17-9-18-14(12)16/h2-5,9H,6-8H2,1H3,(H2,16,17,18). The molecule has 3 rings (SSSR count). The second-order valence-electron chi connectivity index (χ2n) is 4.98. The molecule has 0 unspecified atom stereocenters. The molecule has 2 aromatic rings. The fraction of sp³-hybridized carbons (Fsp3) is 0.267. The van der Waals surface area contributed by atoms with E-state index in [2.05, 4.69) is 9.97 Å². The summed E-state index contributed by atoms with van der Waals surface area (Å²) < 4.78 is 0. The van der Waals surface area contributed by atoms with E-state index in [0.29, 0.717) is 25.3 Å². The Morgan fingerprint density at radius 1 is 1.30 bits per heavy atom. The lowest BCUT2D eigenvalue weighted by atomic mass is 10.0. The summed E-state index contributed by atoms with van der Waals surface area (Å²) in [4.78, 5) is 22.6. The molecule has 0 aliphatic carbocycles. The predicted molar refractivity (Wildman–Crippen MR) is 76.1 cm³/mol. The van der Waals surface area contributed by atoms with Crippen LogP contribution in [0.1, 0.15) is 27.2 Å². The Bertz CT molecular complexity index is 669. The Kier molecular flexibility index (Phi) is 3.10. The van der Waals surface area contributed by atoms with E-state index in [1.807, 2.05) is 36.1 Å². The van der Waals surface area contributed by atoms with Crippen molar-refractivity contribution in [3.8, 4) is 0 Å². The number of aromatic nitrogens is 2. The SMILES string of the molecule is Cc1ccccc1C(=O)N1CCc2c(N)ncnc2C1. The van der Waals surface area contributed by atoms with Crippen LogP contribution >= 0.6 is 0 Å². The zero-order valence-electron chi connectivity index (χ0n) is 11.3. The van der Waals surface area contributed by atoms with Gasteiger partial charge >= 0.3 is 0 Å². The highest BCUT2D eigenvalue weighted by molar-refractivity contribution is 5.95. The molecule has 0 bridgehead atoms. The summed E-state index contributed by atoms with van der Waals surface area (Å²) in [6.07, 6.45) is 2.16. The normalized spacial score (nSPS) is 13.9. The van der Waals surface area contributed by atoms with Gasteiger partial charge in [0.2, 0.25) is 0 Å². The maximum atomic E-state index is 12.6. The molecule has 5 nitrogen and oxygen atoms in total. The van der Waals surface area contributed by atoms with Gasteiger partial charge in [0.15, 0.2) is 0 Å². The first-order valence-corrected chi connectivity index (χ1v) is 6.60. The van der Waals surface area contributed by atoms with E-state index in [9.17, 15) is 4.79 Å². The quantitative estimate of drug-likeness (QED) is 0.852. The number of fused-ring (bicyclic) bond motifs is 1. The van der Waals surface area contributed by atoms with Gasteiger partial charge in [0.25, 0.3) is 5.91 Å². The number of carbonyl (C=O) groups excluding carboxylic acids is 1. The van der Waals surface area contributed by atoms with Gasteiger partial charge in [-0.05, 0) is 25.0 Å². The van der Waals surface area contributed by atoms with Crippen LogP contribution in [-0.4, -0.2) is 27.3 Å². The Balaban J connectivity index is 1.88. The van der Waals surface area contributed by atoms with Crippen LogP contribution in [0.4, 0.5) is 5.82 Å². The minimum Gasteiger partial charge on any atom is -0.383 e. The Morgan fingerprint density at radius 3 is 2.90 bits per heavy atom. The molecule has 2 heterocycles. The summed E-state index contributed by atoms with van der Waals surface area (Å²) in [7, 11) is 0. The van der Waals surface area contributed by atoms with Crippen molar-refractivity contribution in [3.63, 3.8) is 0 Å². The number of amides is 1. The summed E-state index contributed by atoms with van der Waals surface area (Å²) in [5.74, 6) is 0.573. The second kappa shape index (κ2) is 4.92. The van der Waals surface area contributed by atoms with Crippen molar-refractivity contribution in [2.45, 2.75) is 19.9 Å². The van der Waals surface area contributed by atoms with Gasteiger partial charge in [0.1, 0.15) is 12.1 Å². The zero-order valence-corrected chi connectivity index (χ0v) is 11.3. The molecule has 0 saturated heterocycles. The largest absolute Gasteiger partial charge is 0.383 e. The van der Waals surface area contributed by atoms with Crippen LogP contribution in [0.25, 0.3) is 0 Å². The molecule has 0 saturated carbocycles. The van der Waals surface area contributed by atoms with Crippen molar-refractivity contribution >= 4 is 11.7 Å². The van der Waals surface area contributed by atoms with Gasteiger partial charge in [-0.15, -0.1) is 0 Å². The molecular weight excluding hydrogens is 252 g/mol. The minimum atomic E-state index is 0.0472. The highest BCUT2D eigenvalue weighted by Crippen LogP contribution is 2.22. The molecule has 0 radical (unpaired) electrons. The summed E-state index contributed by atoms with van der Waals surface area (Å²) in [5, 5.41) is 0. The summed E-state index contributed by atoms with van der Waals surface area (Å²) in [5.41, 5.74) is 9.41. The number of benzene rings is 1. The van der Waals surface area contributed by atoms with Crippen molar-refractivity contribution in [1.82, 2.24) is 14.9 Å². The van der Waals surface area contributed by atoms with E-state index in [-0.39, 0.29) is 5.91 Å². The number of hydrogen-bond acceptors (Lipinski definition) is 4. The van der Waals surface area contributed by atoms with Gasteiger partial charge in [-0.25, -0.2) is 9.97 Å². The molecule has 5 heteroatoms. The molecular formula is C15H16N4O. The van der Waals surface area contributed by atoms with Gasteiger partial charge in [0.05, 0.1) is 12.2 Å². The minimum absolute atomic E-state index is 0.0472. The molecule has 1 aromatic carbocycles. The van der Waals surface area contributed by atoms with Gasteiger partial charge < -0.3 is 10.6 Å². The number of aryl methyl sites for hydroxylation is 1. The van der Waals surface area contributed by atoms with E-state index < -0.39 is 0 Å². The summed E-state index contributed by atoms with van der Waals surface area (Å²) in [6, 6.07) is 7.64. The van der Waals surface area contributed by atoms with E-state index in [0.717, 1.165) is 22.4 Å². The molecule has 1 amide bonds. The smallest absolute Gasteiger partial charge is 0.254 e. The van der Waals surface area contributed by atoms with Crippen molar-refractivity contribution < 1.29 is 4.79 Å². The molecule has 1 aliphatic rings. The van der Waals surface area contributed by atoms with Crippen LogP contribution in [0.3, 0.4) is 0 Å². The fourth-order valence-electron chi connectivity index (χ4n) is 2.54. The molecule has 0 atom stereocenters. The number of carbonyl (C=O) groups is 1. The average molecular weight is 268 g/mol. The maximum absolute atomic E-state index is 12.6. The second-order valence-corrected chi connectivity index (χ2v) is 4.98. The summed E-state index contributed by atoms with van der Waals surface area (Å²) >= 11 is 0. The first-order chi connectivity index (χ1) is 9.66. The third-order valence-corrected chi connectivity index (χ3v) is 3.70. The lowest BCUT2D eigenvalue weighted by Gasteiger charge is -2.28. The molecule has 1 aromatic heterocycles. The number of nitrogens with two attached hydrogens (primary N) is 1. The summed E-state index contributed by atoms with van der Waals surface area (Å²) in [6.45, 7) is 3.10. The van der Waals surface area contributed by atoms with Gasteiger partial charge in [-0.1, -0.05) is 18.2 Å². The Morgan fingerprint density at radius 2 is 2.10 bits per heavy atom. The third kappa shape index (κ3) is 2.11.